The van der Waals surface area contributed by atoms with Crippen molar-refractivity contribution < 1.29 is 23.1 Å². The molecule has 0 aromatic heterocycles. The molecular weight excluding hydrogens is 380 g/mol. The highest BCUT2D eigenvalue weighted by molar-refractivity contribution is 7.89. The van der Waals surface area contributed by atoms with E-state index in [2.05, 4.69) is 0 Å². The molecule has 2 aromatic rings. The summed E-state index contributed by atoms with van der Waals surface area (Å²) < 4.78 is 31.4. The van der Waals surface area contributed by atoms with E-state index in [1.165, 1.54) is 50.6 Å². The molecule has 0 saturated heterocycles. The van der Waals surface area contributed by atoms with E-state index in [1.807, 2.05) is 13.0 Å². The Balaban J connectivity index is 2.28. The molecule has 7 nitrogen and oxygen atoms in total. The van der Waals surface area contributed by atoms with E-state index in [0.717, 1.165) is 9.87 Å². The summed E-state index contributed by atoms with van der Waals surface area (Å²) in [6, 6.07) is 14.4. The van der Waals surface area contributed by atoms with Gasteiger partial charge in [-0.15, -0.1) is 0 Å². The lowest BCUT2D eigenvalue weighted by Crippen LogP contribution is -2.38. The number of benzene rings is 2. The summed E-state index contributed by atoms with van der Waals surface area (Å²) in [5.41, 5.74) is 1.71. The first kappa shape index (κ1) is 21.6. The summed E-state index contributed by atoms with van der Waals surface area (Å²) >= 11 is 0. The molecule has 2 aromatic carbocycles. The van der Waals surface area contributed by atoms with E-state index >= 15 is 0 Å². The van der Waals surface area contributed by atoms with E-state index in [0.29, 0.717) is 11.1 Å². The van der Waals surface area contributed by atoms with Crippen LogP contribution in [-0.4, -0.2) is 44.5 Å². The van der Waals surface area contributed by atoms with E-state index in [1.54, 1.807) is 12.1 Å². The first-order chi connectivity index (χ1) is 13.2. The number of methoxy groups -OCH3 is 1. The lowest BCUT2D eigenvalue weighted by molar-refractivity contribution is -0.150. The second-order valence-electron chi connectivity index (χ2n) is 6.41. The number of aliphatic hydroxyl groups is 1. The highest BCUT2D eigenvalue weighted by Crippen LogP contribution is 2.26. The highest BCUT2D eigenvalue weighted by atomic mass is 32.2. The zero-order chi connectivity index (χ0) is 20.9. The summed E-state index contributed by atoms with van der Waals surface area (Å²) in [6.45, 7) is 1.57. The molecule has 0 unspecified atom stereocenters. The SMILES string of the molecule is COC(=O)[C@@H](CN(C)S(=O)(=O)c1ccc(C)cc1)[C@H](O)c1ccc(C#N)cc1. The summed E-state index contributed by atoms with van der Waals surface area (Å²) in [7, 11) is -1.33. The number of esters is 1. The molecular formula is C20H22N2O5S. The number of sulfonamides is 1. The van der Waals surface area contributed by atoms with Gasteiger partial charge in [0.15, 0.2) is 0 Å². The van der Waals surface area contributed by atoms with Crippen molar-refractivity contribution in [3.63, 3.8) is 0 Å². The minimum Gasteiger partial charge on any atom is -0.469 e. The smallest absolute Gasteiger partial charge is 0.313 e. The fourth-order valence-corrected chi connectivity index (χ4v) is 3.90. The van der Waals surface area contributed by atoms with Crippen LogP contribution in [-0.2, 0) is 19.6 Å². The molecule has 2 atom stereocenters. The van der Waals surface area contributed by atoms with Crippen molar-refractivity contribution in [2.24, 2.45) is 5.92 Å². The minimum atomic E-state index is -3.85. The molecule has 0 radical (unpaired) electrons. The van der Waals surface area contributed by atoms with Crippen molar-refractivity contribution in [1.29, 1.82) is 5.26 Å². The zero-order valence-corrected chi connectivity index (χ0v) is 16.7. The van der Waals surface area contributed by atoms with Gasteiger partial charge in [-0.25, -0.2) is 8.42 Å². The van der Waals surface area contributed by atoms with Gasteiger partial charge in [-0.2, -0.15) is 9.57 Å². The number of hydrogen-bond donors (Lipinski definition) is 1. The fourth-order valence-electron chi connectivity index (χ4n) is 2.71. The number of rotatable bonds is 7. The first-order valence-corrected chi connectivity index (χ1v) is 9.93. The molecule has 2 rings (SSSR count). The lowest BCUT2D eigenvalue weighted by atomic mass is 9.95. The van der Waals surface area contributed by atoms with Gasteiger partial charge in [-0.1, -0.05) is 29.8 Å². The quantitative estimate of drug-likeness (QED) is 0.710. The molecule has 0 saturated carbocycles. The molecule has 148 valence electrons. The van der Waals surface area contributed by atoms with Crippen molar-refractivity contribution in [3.05, 3.63) is 65.2 Å². The number of aryl methyl sites for hydroxylation is 1. The van der Waals surface area contributed by atoms with E-state index in [4.69, 9.17) is 10.00 Å². The third kappa shape index (κ3) is 4.75. The Bertz CT molecular complexity index is 963. The molecule has 0 aliphatic heterocycles. The molecule has 0 heterocycles. The topological polar surface area (TPSA) is 108 Å². The Morgan fingerprint density at radius 1 is 1.18 bits per heavy atom. The zero-order valence-electron chi connectivity index (χ0n) is 15.9. The molecule has 28 heavy (non-hydrogen) atoms. The van der Waals surface area contributed by atoms with Crippen LogP contribution in [0.25, 0.3) is 0 Å². The standard InChI is InChI=1S/C20H22N2O5S/c1-14-4-10-17(11-5-14)28(25,26)22(2)13-18(20(24)27-3)19(23)16-8-6-15(12-21)7-9-16/h4-11,18-19,23H,13H2,1-3H3/t18-,19+/m0/s1. The minimum absolute atomic E-state index is 0.0945. The number of nitrogens with zero attached hydrogens (tertiary/aromatic N) is 2. The van der Waals surface area contributed by atoms with E-state index in [9.17, 15) is 18.3 Å². The molecule has 0 fully saturated rings. The molecule has 8 heteroatoms. The van der Waals surface area contributed by atoms with Crippen LogP contribution in [0.5, 0.6) is 0 Å². The van der Waals surface area contributed by atoms with Crippen LogP contribution >= 0.6 is 0 Å². The summed E-state index contributed by atoms with van der Waals surface area (Å²) in [5, 5.41) is 19.5. The van der Waals surface area contributed by atoms with Gasteiger partial charge < -0.3 is 9.84 Å². The Labute approximate surface area is 164 Å². The summed E-state index contributed by atoms with van der Waals surface area (Å²) in [6.07, 6.45) is -1.30. The highest BCUT2D eigenvalue weighted by Gasteiger charge is 2.33. The van der Waals surface area contributed by atoms with Crippen LogP contribution in [0, 0.1) is 24.2 Å². The average Bonchev–Trinajstić information content (AvgIpc) is 2.71. The maximum absolute atomic E-state index is 12.8. The van der Waals surface area contributed by atoms with Crippen LogP contribution in [0.1, 0.15) is 22.8 Å². The molecule has 0 bridgehead atoms. The second-order valence-corrected chi connectivity index (χ2v) is 8.45. The third-order valence-corrected chi connectivity index (χ3v) is 6.29. The predicted molar refractivity (Wildman–Crippen MR) is 103 cm³/mol. The number of nitriles is 1. The predicted octanol–water partition coefficient (Wildman–Crippen LogP) is 2.01. The maximum atomic E-state index is 12.8. The van der Waals surface area contributed by atoms with Crippen LogP contribution in [0.4, 0.5) is 0 Å². The van der Waals surface area contributed by atoms with Crippen LogP contribution in [0.15, 0.2) is 53.4 Å². The first-order valence-electron chi connectivity index (χ1n) is 8.49. The van der Waals surface area contributed by atoms with Gasteiger partial charge in [-0.3, -0.25) is 4.79 Å². The second kappa shape index (κ2) is 8.97. The van der Waals surface area contributed by atoms with Crippen molar-refractivity contribution in [3.8, 4) is 6.07 Å². The number of hydrogen-bond acceptors (Lipinski definition) is 6. The Morgan fingerprint density at radius 2 is 1.75 bits per heavy atom. The van der Waals surface area contributed by atoms with Crippen molar-refractivity contribution in [2.75, 3.05) is 20.7 Å². The molecule has 0 spiro atoms. The van der Waals surface area contributed by atoms with Gasteiger partial charge in [0.1, 0.15) is 5.92 Å². The molecule has 1 N–H and O–H groups in total. The Kier molecular flexibility index (Phi) is 6.91. The van der Waals surface area contributed by atoms with Crippen LogP contribution in [0.3, 0.4) is 0 Å². The Morgan fingerprint density at radius 3 is 2.25 bits per heavy atom. The van der Waals surface area contributed by atoms with Gasteiger partial charge in [-0.05, 0) is 36.8 Å². The number of carbonyl (C=O) groups is 1. The largest absolute Gasteiger partial charge is 0.469 e. The Hall–Kier alpha value is -2.73. The van der Waals surface area contributed by atoms with Crippen molar-refractivity contribution in [1.82, 2.24) is 4.31 Å². The van der Waals surface area contributed by atoms with E-state index < -0.39 is 28.0 Å². The van der Waals surface area contributed by atoms with Crippen molar-refractivity contribution >= 4 is 16.0 Å². The van der Waals surface area contributed by atoms with Crippen LogP contribution in [0.2, 0.25) is 0 Å². The van der Waals surface area contributed by atoms with E-state index in [-0.39, 0.29) is 11.4 Å². The molecule has 0 aliphatic rings. The number of carbonyl (C=O) groups excluding carboxylic acids is 1. The molecule has 0 aliphatic carbocycles. The van der Waals surface area contributed by atoms with Gasteiger partial charge in [0.05, 0.1) is 29.7 Å². The number of ether oxygens (including phenoxy) is 1. The summed E-state index contributed by atoms with van der Waals surface area (Å²) in [5.74, 6) is -1.87. The van der Waals surface area contributed by atoms with Crippen molar-refractivity contribution in [2.45, 2.75) is 17.9 Å². The maximum Gasteiger partial charge on any atom is 0.313 e. The third-order valence-electron chi connectivity index (χ3n) is 4.45. The lowest BCUT2D eigenvalue weighted by Gasteiger charge is -2.26. The fraction of sp³-hybridized carbons (Fsp3) is 0.300. The number of aliphatic hydroxyl groups excluding tert-OH is 1. The monoisotopic (exact) mass is 402 g/mol. The van der Waals surface area contributed by atoms with Gasteiger partial charge >= 0.3 is 5.97 Å². The summed E-state index contributed by atoms with van der Waals surface area (Å²) in [4.78, 5) is 12.3. The van der Waals surface area contributed by atoms with Gasteiger partial charge in [0.2, 0.25) is 10.0 Å². The van der Waals surface area contributed by atoms with Crippen LogP contribution < -0.4 is 0 Å². The molecule has 0 amide bonds. The van der Waals surface area contributed by atoms with Gasteiger partial charge in [0.25, 0.3) is 0 Å². The normalized spacial score (nSPS) is 13.6. The average molecular weight is 402 g/mol. The van der Waals surface area contributed by atoms with Gasteiger partial charge in [0, 0.05) is 13.6 Å².